The van der Waals surface area contributed by atoms with Crippen LogP contribution < -0.4 is 5.32 Å². The second-order valence-electron chi connectivity index (χ2n) is 5.55. The van der Waals surface area contributed by atoms with E-state index in [1.807, 2.05) is 14.1 Å². The molecule has 0 aliphatic carbocycles. The highest BCUT2D eigenvalue weighted by atomic mass is 19.4. The van der Waals surface area contributed by atoms with E-state index in [2.05, 4.69) is 24.1 Å². The number of rotatable bonds is 6. The molecule has 1 aromatic carbocycles. The third-order valence-corrected chi connectivity index (χ3v) is 4.49. The first-order valence-corrected chi connectivity index (χ1v) is 7.24. The van der Waals surface area contributed by atoms with Crippen LogP contribution in [-0.2, 0) is 6.18 Å². The monoisotopic (exact) mass is 302 g/mol. The largest absolute Gasteiger partial charge is 0.416 e. The van der Waals surface area contributed by atoms with Crippen LogP contribution in [0.4, 0.5) is 13.2 Å². The molecule has 0 aliphatic heterocycles. The van der Waals surface area contributed by atoms with Crippen molar-refractivity contribution in [2.45, 2.75) is 44.4 Å². The lowest BCUT2D eigenvalue weighted by molar-refractivity contribution is -0.137. The Balaban J connectivity index is 3.33. The summed E-state index contributed by atoms with van der Waals surface area (Å²) in [6.07, 6.45) is -2.62. The van der Waals surface area contributed by atoms with E-state index in [1.54, 1.807) is 13.1 Å². The van der Waals surface area contributed by atoms with Crippen LogP contribution in [0, 0.1) is 0 Å². The first-order valence-electron chi connectivity index (χ1n) is 7.24. The van der Waals surface area contributed by atoms with Gasteiger partial charge in [0.2, 0.25) is 0 Å². The second kappa shape index (κ2) is 6.79. The van der Waals surface area contributed by atoms with Crippen LogP contribution in [0.25, 0.3) is 0 Å². The average Bonchev–Trinajstić information content (AvgIpc) is 2.43. The van der Waals surface area contributed by atoms with Crippen molar-refractivity contribution in [1.82, 2.24) is 10.2 Å². The Morgan fingerprint density at radius 1 is 1.14 bits per heavy atom. The molecule has 120 valence electrons. The molecule has 21 heavy (non-hydrogen) atoms. The van der Waals surface area contributed by atoms with E-state index >= 15 is 0 Å². The van der Waals surface area contributed by atoms with Crippen LogP contribution in [-0.4, -0.2) is 31.6 Å². The SMILES string of the molecule is CCC(CC)(C(NC)c1cccc(C(F)(F)F)c1)N(C)C. The summed E-state index contributed by atoms with van der Waals surface area (Å²) in [5, 5.41) is 3.21. The van der Waals surface area contributed by atoms with Crippen LogP contribution in [0.5, 0.6) is 0 Å². The highest BCUT2D eigenvalue weighted by Crippen LogP contribution is 2.38. The molecule has 0 saturated heterocycles. The Kier molecular flexibility index (Phi) is 5.82. The lowest BCUT2D eigenvalue weighted by Crippen LogP contribution is -2.52. The fourth-order valence-corrected chi connectivity index (χ4v) is 3.19. The van der Waals surface area contributed by atoms with Crippen LogP contribution in [0.1, 0.15) is 43.9 Å². The molecule has 0 amide bonds. The lowest BCUT2D eigenvalue weighted by atomic mass is 9.79. The van der Waals surface area contributed by atoms with Crippen LogP contribution in [0.3, 0.4) is 0 Å². The molecule has 0 radical (unpaired) electrons. The zero-order chi connectivity index (χ0) is 16.3. The van der Waals surface area contributed by atoms with Crippen LogP contribution in [0.15, 0.2) is 24.3 Å². The molecule has 1 N–H and O–H groups in total. The van der Waals surface area contributed by atoms with E-state index in [0.29, 0.717) is 5.56 Å². The number of nitrogens with one attached hydrogen (secondary N) is 1. The number of alkyl halides is 3. The number of hydrogen-bond donors (Lipinski definition) is 1. The molecule has 0 aromatic heterocycles. The summed E-state index contributed by atoms with van der Waals surface area (Å²) < 4.78 is 38.8. The molecule has 2 nitrogen and oxygen atoms in total. The normalized spacial score (nSPS) is 14.5. The van der Waals surface area contributed by atoms with E-state index in [9.17, 15) is 13.2 Å². The van der Waals surface area contributed by atoms with Gasteiger partial charge in [-0.2, -0.15) is 13.2 Å². The molecule has 0 fully saturated rings. The van der Waals surface area contributed by atoms with Gasteiger partial charge < -0.3 is 10.2 Å². The summed E-state index contributed by atoms with van der Waals surface area (Å²) in [7, 11) is 5.75. The summed E-state index contributed by atoms with van der Waals surface area (Å²) in [6.45, 7) is 4.14. The molecule has 1 unspecified atom stereocenters. The van der Waals surface area contributed by atoms with Gasteiger partial charge in [0, 0.05) is 5.54 Å². The van der Waals surface area contributed by atoms with Crippen LogP contribution in [0.2, 0.25) is 0 Å². The van der Waals surface area contributed by atoms with Gasteiger partial charge >= 0.3 is 6.18 Å². The highest BCUT2D eigenvalue weighted by molar-refractivity contribution is 5.30. The predicted octanol–water partition coefficient (Wildman–Crippen LogP) is 4.09. The number of benzene rings is 1. The standard InChI is InChI=1S/C16H25F3N2/c1-6-15(7-2,21(4)5)14(20-3)12-9-8-10-13(11-12)16(17,18)19/h8-11,14,20H,6-7H2,1-5H3. The first kappa shape index (κ1) is 18.0. The molecule has 0 aliphatic rings. The minimum atomic E-state index is -4.31. The molecule has 0 spiro atoms. The molecule has 0 saturated carbocycles. The van der Waals surface area contributed by atoms with Crippen molar-refractivity contribution in [3.05, 3.63) is 35.4 Å². The van der Waals surface area contributed by atoms with Gasteiger partial charge in [0.1, 0.15) is 0 Å². The topological polar surface area (TPSA) is 15.3 Å². The van der Waals surface area contributed by atoms with Crippen molar-refractivity contribution in [3.8, 4) is 0 Å². The van der Waals surface area contributed by atoms with Crippen molar-refractivity contribution >= 4 is 0 Å². The minimum absolute atomic E-state index is 0.162. The Labute approximate surface area is 125 Å². The molecular weight excluding hydrogens is 277 g/mol. The van der Waals surface area contributed by atoms with Gasteiger partial charge in [0.05, 0.1) is 11.6 Å². The van der Waals surface area contributed by atoms with Crippen molar-refractivity contribution in [2.75, 3.05) is 21.1 Å². The van der Waals surface area contributed by atoms with Gasteiger partial charge in [-0.05, 0) is 51.7 Å². The maximum atomic E-state index is 12.9. The third kappa shape index (κ3) is 3.58. The fraction of sp³-hybridized carbons (Fsp3) is 0.625. The van der Waals surface area contributed by atoms with Gasteiger partial charge in [-0.1, -0.05) is 26.0 Å². The molecular formula is C16H25F3N2. The summed E-state index contributed by atoms with van der Waals surface area (Å²) in [4.78, 5) is 2.11. The van der Waals surface area contributed by atoms with Gasteiger partial charge in [-0.15, -0.1) is 0 Å². The number of hydrogen-bond acceptors (Lipinski definition) is 2. The van der Waals surface area contributed by atoms with Crippen LogP contribution >= 0.6 is 0 Å². The summed E-state index contributed by atoms with van der Waals surface area (Å²) in [6, 6.07) is 5.45. The van der Waals surface area contributed by atoms with Gasteiger partial charge in [0.25, 0.3) is 0 Å². The molecule has 0 heterocycles. The van der Waals surface area contributed by atoms with Crippen molar-refractivity contribution in [3.63, 3.8) is 0 Å². The minimum Gasteiger partial charge on any atom is -0.311 e. The van der Waals surface area contributed by atoms with Crippen molar-refractivity contribution < 1.29 is 13.2 Å². The Morgan fingerprint density at radius 3 is 2.10 bits per heavy atom. The Morgan fingerprint density at radius 2 is 1.71 bits per heavy atom. The molecule has 0 bridgehead atoms. The average molecular weight is 302 g/mol. The summed E-state index contributed by atoms with van der Waals surface area (Å²) >= 11 is 0. The maximum Gasteiger partial charge on any atom is 0.416 e. The molecule has 1 aromatic rings. The fourth-order valence-electron chi connectivity index (χ4n) is 3.19. The quantitative estimate of drug-likeness (QED) is 0.851. The van der Waals surface area contributed by atoms with Crippen molar-refractivity contribution in [2.24, 2.45) is 0 Å². The summed E-state index contributed by atoms with van der Waals surface area (Å²) in [5.74, 6) is 0. The zero-order valence-corrected chi connectivity index (χ0v) is 13.4. The first-order chi connectivity index (χ1) is 9.72. The van der Waals surface area contributed by atoms with Crippen molar-refractivity contribution in [1.29, 1.82) is 0 Å². The molecule has 5 heteroatoms. The van der Waals surface area contributed by atoms with E-state index in [0.717, 1.165) is 18.9 Å². The highest BCUT2D eigenvalue weighted by Gasteiger charge is 2.39. The van der Waals surface area contributed by atoms with E-state index < -0.39 is 11.7 Å². The zero-order valence-electron chi connectivity index (χ0n) is 13.4. The van der Waals surface area contributed by atoms with Gasteiger partial charge in [0.15, 0.2) is 0 Å². The Bertz CT molecular complexity index is 451. The lowest BCUT2D eigenvalue weighted by Gasteiger charge is -2.45. The molecule has 1 rings (SSSR count). The maximum absolute atomic E-state index is 12.9. The Hall–Kier alpha value is -1.07. The van der Waals surface area contributed by atoms with E-state index in [4.69, 9.17) is 0 Å². The smallest absolute Gasteiger partial charge is 0.311 e. The second-order valence-corrected chi connectivity index (χ2v) is 5.55. The number of halogens is 3. The molecule has 1 atom stereocenters. The predicted molar refractivity (Wildman–Crippen MR) is 80.2 cm³/mol. The van der Waals surface area contributed by atoms with Gasteiger partial charge in [-0.25, -0.2) is 0 Å². The van der Waals surface area contributed by atoms with E-state index in [1.165, 1.54) is 12.1 Å². The summed E-state index contributed by atoms with van der Waals surface area (Å²) in [5.41, 5.74) is -0.149. The number of likely N-dealkylation sites (N-methyl/N-ethyl adjacent to an activating group) is 2. The third-order valence-electron chi connectivity index (χ3n) is 4.49. The van der Waals surface area contributed by atoms with Gasteiger partial charge in [-0.3, -0.25) is 0 Å². The number of nitrogens with zero attached hydrogens (tertiary/aromatic N) is 1. The van der Waals surface area contributed by atoms with E-state index in [-0.39, 0.29) is 11.6 Å².